The van der Waals surface area contributed by atoms with Crippen molar-refractivity contribution in [2.24, 2.45) is 17.8 Å². The number of carboxylic acid groups (broad SMARTS) is 1. The Morgan fingerprint density at radius 2 is 2.19 bits per heavy atom. The number of fused-ring (bicyclic) bond motifs is 2. The highest BCUT2D eigenvalue weighted by atomic mass is 16.5. The molecule has 2 N–H and O–H groups in total. The summed E-state index contributed by atoms with van der Waals surface area (Å²) in [4.78, 5) is 21.2. The molecule has 26 heavy (non-hydrogen) atoms. The number of aliphatic hydroxyl groups excluding tert-OH is 1. The first-order chi connectivity index (χ1) is 12.5. The minimum absolute atomic E-state index is 0.134. The molecule has 1 fully saturated rings. The average molecular weight is 362 g/mol. The van der Waals surface area contributed by atoms with Crippen molar-refractivity contribution in [3.63, 3.8) is 0 Å². The Balaban J connectivity index is 1.71. The van der Waals surface area contributed by atoms with Crippen molar-refractivity contribution >= 4 is 12.4 Å². The minimum atomic E-state index is -0.987. The van der Waals surface area contributed by atoms with Gasteiger partial charge in [0.2, 0.25) is 0 Å². The number of carbonyl (C=O) groups excluding carboxylic acids is 1. The number of hydrogen-bond donors (Lipinski definition) is 2. The molecule has 0 amide bonds. The third kappa shape index (κ3) is 4.01. The smallest absolute Gasteiger partial charge is 0.341 e. The zero-order chi connectivity index (χ0) is 18.7. The van der Waals surface area contributed by atoms with Crippen molar-refractivity contribution in [3.8, 4) is 5.75 Å². The van der Waals surface area contributed by atoms with E-state index in [1.54, 1.807) is 0 Å². The molecule has 6 nitrogen and oxygen atoms in total. The van der Waals surface area contributed by atoms with Gasteiger partial charge < -0.3 is 19.7 Å². The molecular weight excluding hydrogens is 336 g/mol. The van der Waals surface area contributed by atoms with Gasteiger partial charge in [-0.05, 0) is 74.0 Å². The maximum Gasteiger partial charge on any atom is 0.341 e. The summed E-state index contributed by atoms with van der Waals surface area (Å²) >= 11 is 0. The van der Waals surface area contributed by atoms with Crippen LogP contribution in [0, 0.1) is 17.8 Å². The number of rotatable bonds is 8. The first-order valence-electron chi connectivity index (χ1n) is 9.22. The topological polar surface area (TPSA) is 93.1 Å². The van der Waals surface area contributed by atoms with Crippen LogP contribution in [0.5, 0.6) is 5.75 Å². The second kappa shape index (κ2) is 8.08. The number of carboxylic acids is 1. The summed E-state index contributed by atoms with van der Waals surface area (Å²) < 4.78 is 10.4. The van der Waals surface area contributed by atoms with Crippen molar-refractivity contribution in [3.05, 3.63) is 29.3 Å². The maximum atomic E-state index is 10.8. The van der Waals surface area contributed by atoms with Gasteiger partial charge in [-0.3, -0.25) is 4.79 Å². The van der Waals surface area contributed by atoms with Gasteiger partial charge in [0, 0.05) is 0 Å². The Hall–Kier alpha value is -2.08. The van der Waals surface area contributed by atoms with Crippen LogP contribution in [0.4, 0.5) is 0 Å². The Kier molecular flexibility index (Phi) is 5.81. The predicted octanol–water partition coefficient (Wildman–Crippen LogP) is 2.20. The monoisotopic (exact) mass is 362 g/mol. The van der Waals surface area contributed by atoms with Crippen LogP contribution in [0.2, 0.25) is 0 Å². The SMILES string of the molecule is C[C@@H](CC[C@@H]1[C@H]2Cc3cccc(OCC(=O)O)c3C[C@H]2C[C@H]1O)OC=O. The molecule has 0 bridgehead atoms. The molecule has 1 aromatic rings. The number of aliphatic hydroxyl groups is 1. The fraction of sp³-hybridized carbons (Fsp3) is 0.600. The van der Waals surface area contributed by atoms with Gasteiger partial charge in [0.05, 0.1) is 12.2 Å². The van der Waals surface area contributed by atoms with Crippen LogP contribution in [0.15, 0.2) is 18.2 Å². The zero-order valence-corrected chi connectivity index (χ0v) is 15.0. The van der Waals surface area contributed by atoms with Gasteiger partial charge in [-0.1, -0.05) is 12.1 Å². The summed E-state index contributed by atoms with van der Waals surface area (Å²) in [5.41, 5.74) is 2.27. The van der Waals surface area contributed by atoms with Gasteiger partial charge in [-0.15, -0.1) is 0 Å². The van der Waals surface area contributed by atoms with E-state index >= 15 is 0 Å². The summed E-state index contributed by atoms with van der Waals surface area (Å²) in [5, 5.41) is 19.4. The molecule has 5 atom stereocenters. The van der Waals surface area contributed by atoms with E-state index in [9.17, 15) is 14.7 Å². The highest BCUT2D eigenvalue weighted by Crippen LogP contribution is 2.48. The molecule has 2 aliphatic rings. The van der Waals surface area contributed by atoms with Crippen molar-refractivity contribution in [2.75, 3.05) is 6.61 Å². The molecule has 0 aliphatic heterocycles. The van der Waals surface area contributed by atoms with E-state index < -0.39 is 5.97 Å². The molecule has 0 aromatic heterocycles. The average Bonchev–Trinajstić information content (AvgIpc) is 2.90. The molecular formula is C20H26O6. The first-order valence-corrected chi connectivity index (χ1v) is 9.22. The maximum absolute atomic E-state index is 10.8. The van der Waals surface area contributed by atoms with Crippen LogP contribution in [0.3, 0.4) is 0 Å². The highest BCUT2D eigenvalue weighted by molar-refractivity contribution is 5.68. The zero-order valence-electron chi connectivity index (χ0n) is 15.0. The van der Waals surface area contributed by atoms with Crippen molar-refractivity contribution < 1.29 is 29.3 Å². The molecule has 1 aromatic carbocycles. The molecule has 0 radical (unpaired) electrons. The van der Waals surface area contributed by atoms with Crippen LogP contribution < -0.4 is 4.74 Å². The molecule has 1 saturated carbocycles. The third-order valence-electron chi connectivity index (χ3n) is 5.89. The fourth-order valence-electron chi connectivity index (χ4n) is 4.67. The van der Waals surface area contributed by atoms with E-state index in [0.717, 1.165) is 37.7 Å². The van der Waals surface area contributed by atoms with Crippen molar-refractivity contribution in [1.82, 2.24) is 0 Å². The largest absolute Gasteiger partial charge is 0.482 e. The number of aliphatic carboxylic acids is 1. The number of benzene rings is 1. The Bertz CT molecular complexity index is 658. The van der Waals surface area contributed by atoms with Crippen molar-refractivity contribution in [1.29, 1.82) is 0 Å². The van der Waals surface area contributed by atoms with E-state index in [1.165, 1.54) is 5.56 Å². The summed E-state index contributed by atoms with van der Waals surface area (Å²) in [5.74, 6) is 0.637. The van der Waals surface area contributed by atoms with Crippen LogP contribution in [-0.2, 0) is 27.2 Å². The third-order valence-corrected chi connectivity index (χ3v) is 5.89. The molecule has 0 saturated heterocycles. The van der Waals surface area contributed by atoms with Crippen LogP contribution in [-0.4, -0.2) is 41.5 Å². The summed E-state index contributed by atoms with van der Waals surface area (Å²) in [6.45, 7) is 2.01. The van der Waals surface area contributed by atoms with E-state index in [4.69, 9.17) is 14.6 Å². The van der Waals surface area contributed by atoms with Gasteiger partial charge >= 0.3 is 5.97 Å². The quantitative estimate of drug-likeness (QED) is 0.689. The molecule has 2 aliphatic carbocycles. The van der Waals surface area contributed by atoms with E-state index in [1.807, 2.05) is 19.1 Å². The molecule has 142 valence electrons. The van der Waals surface area contributed by atoms with Gasteiger partial charge in [0.1, 0.15) is 5.75 Å². The Labute approximate surface area is 153 Å². The molecule has 6 heteroatoms. The molecule has 3 rings (SSSR count). The fourth-order valence-corrected chi connectivity index (χ4v) is 4.67. The van der Waals surface area contributed by atoms with E-state index in [0.29, 0.717) is 24.1 Å². The lowest BCUT2D eigenvalue weighted by Crippen LogP contribution is -2.28. The van der Waals surface area contributed by atoms with E-state index in [-0.39, 0.29) is 24.7 Å². The predicted molar refractivity (Wildman–Crippen MR) is 93.9 cm³/mol. The first kappa shape index (κ1) is 18.7. The lowest BCUT2D eigenvalue weighted by Gasteiger charge is -2.32. The van der Waals surface area contributed by atoms with Crippen molar-refractivity contribution in [2.45, 2.75) is 51.2 Å². The number of carbonyl (C=O) groups is 2. The standard InChI is InChI=1S/C20H26O6/c1-12(26-11-21)5-6-15-16-7-13-3-2-4-19(25-10-20(23)24)17(13)8-14(16)9-18(15)22/h2-4,11-12,14-16,18,22H,5-10H2,1H3,(H,23,24)/t12-,14-,15+,16-,18+/m0/s1. The van der Waals surface area contributed by atoms with Gasteiger partial charge in [0.25, 0.3) is 6.47 Å². The second-order valence-electron chi connectivity index (χ2n) is 7.50. The minimum Gasteiger partial charge on any atom is -0.482 e. The van der Waals surface area contributed by atoms with Crippen LogP contribution >= 0.6 is 0 Å². The summed E-state index contributed by atoms with van der Waals surface area (Å²) in [6.07, 6.45) is 3.54. The second-order valence-corrected chi connectivity index (χ2v) is 7.50. The van der Waals surface area contributed by atoms with Gasteiger partial charge in [-0.25, -0.2) is 4.79 Å². The summed E-state index contributed by atoms with van der Waals surface area (Å²) in [6, 6.07) is 5.79. The Morgan fingerprint density at radius 3 is 2.92 bits per heavy atom. The van der Waals surface area contributed by atoms with Gasteiger partial charge in [-0.2, -0.15) is 0 Å². The molecule has 0 spiro atoms. The number of hydrogen-bond acceptors (Lipinski definition) is 5. The molecule has 0 unspecified atom stereocenters. The number of ether oxygens (including phenoxy) is 2. The highest BCUT2D eigenvalue weighted by Gasteiger charge is 2.44. The lowest BCUT2D eigenvalue weighted by atomic mass is 9.73. The summed E-state index contributed by atoms with van der Waals surface area (Å²) in [7, 11) is 0. The van der Waals surface area contributed by atoms with E-state index in [2.05, 4.69) is 6.07 Å². The van der Waals surface area contributed by atoms with Crippen LogP contribution in [0.25, 0.3) is 0 Å². The lowest BCUT2D eigenvalue weighted by molar-refractivity contribution is -0.139. The normalized spacial score (nSPS) is 27.9. The molecule has 0 heterocycles. The van der Waals surface area contributed by atoms with Crippen LogP contribution in [0.1, 0.15) is 37.3 Å². The Morgan fingerprint density at radius 1 is 1.38 bits per heavy atom. The van der Waals surface area contributed by atoms with Gasteiger partial charge in [0.15, 0.2) is 6.61 Å².